The number of nitrogens with zero attached hydrogens (tertiary/aromatic N) is 2. The Kier molecular flexibility index (Phi) is 6.56. The van der Waals surface area contributed by atoms with Crippen molar-refractivity contribution in [3.8, 4) is 5.88 Å². The first-order valence-electron chi connectivity index (χ1n) is 6.52. The minimum Gasteiger partial charge on any atom is -0.470 e. The van der Waals surface area contributed by atoms with Gasteiger partial charge in [-0.3, -0.25) is 10.1 Å². The van der Waals surface area contributed by atoms with Crippen molar-refractivity contribution in [1.29, 1.82) is 0 Å². The van der Waals surface area contributed by atoms with Crippen LogP contribution in [0.2, 0.25) is 5.15 Å². The first-order valence-corrected chi connectivity index (χ1v) is 6.90. The smallest absolute Gasteiger partial charge is 0.331 e. The van der Waals surface area contributed by atoms with Crippen LogP contribution in [0.3, 0.4) is 0 Å². The molecule has 1 aromatic rings. The van der Waals surface area contributed by atoms with Gasteiger partial charge in [0, 0.05) is 6.07 Å². The molecule has 106 valence electrons. The van der Waals surface area contributed by atoms with Gasteiger partial charge in [-0.1, -0.05) is 37.8 Å². The molecule has 1 heterocycles. The van der Waals surface area contributed by atoms with E-state index in [1.54, 1.807) is 0 Å². The lowest BCUT2D eigenvalue weighted by atomic mass is 10.1. The monoisotopic (exact) mass is 286 g/mol. The van der Waals surface area contributed by atoms with Gasteiger partial charge in [0.05, 0.1) is 11.0 Å². The Morgan fingerprint density at radius 2 is 2.16 bits per heavy atom. The lowest BCUT2D eigenvalue weighted by Gasteiger charge is -2.13. The van der Waals surface area contributed by atoms with E-state index in [0.29, 0.717) is 0 Å². The fourth-order valence-electron chi connectivity index (χ4n) is 1.74. The molecule has 0 aliphatic carbocycles. The number of aromatic nitrogens is 1. The Morgan fingerprint density at radius 3 is 2.79 bits per heavy atom. The highest BCUT2D eigenvalue weighted by atomic mass is 35.5. The van der Waals surface area contributed by atoms with E-state index >= 15 is 0 Å². The van der Waals surface area contributed by atoms with Crippen molar-refractivity contribution in [2.45, 2.75) is 52.1 Å². The summed E-state index contributed by atoms with van der Waals surface area (Å²) in [6.07, 6.45) is 5.31. The van der Waals surface area contributed by atoms with Crippen molar-refractivity contribution >= 4 is 17.3 Å². The molecule has 1 atom stereocenters. The van der Waals surface area contributed by atoms with E-state index < -0.39 is 4.92 Å². The van der Waals surface area contributed by atoms with Gasteiger partial charge in [-0.15, -0.1) is 0 Å². The molecule has 0 aliphatic heterocycles. The highest BCUT2D eigenvalue weighted by molar-refractivity contribution is 6.29. The number of halogens is 1. The third-order valence-electron chi connectivity index (χ3n) is 2.78. The highest BCUT2D eigenvalue weighted by Crippen LogP contribution is 2.27. The first-order chi connectivity index (χ1) is 9.04. The van der Waals surface area contributed by atoms with Crippen LogP contribution in [0.15, 0.2) is 12.1 Å². The Balaban J connectivity index is 2.60. The minimum absolute atomic E-state index is 0.000455. The van der Waals surface area contributed by atoms with Gasteiger partial charge >= 0.3 is 5.69 Å². The molecule has 0 spiro atoms. The normalized spacial score (nSPS) is 12.2. The summed E-state index contributed by atoms with van der Waals surface area (Å²) in [6.45, 7) is 4.04. The largest absolute Gasteiger partial charge is 0.470 e. The molecule has 0 aliphatic rings. The third-order valence-corrected chi connectivity index (χ3v) is 2.99. The average molecular weight is 287 g/mol. The van der Waals surface area contributed by atoms with Gasteiger partial charge in [0.25, 0.3) is 5.88 Å². The number of pyridine rings is 1. The van der Waals surface area contributed by atoms with Gasteiger partial charge in [0.15, 0.2) is 0 Å². The van der Waals surface area contributed by atoms with Gasteiger partial charge in [-0.25, -0.2) is 0 Å². The molecule has 0 fully saturated rings. The Labute approximate surface area is 118 Å². The zero-order valence-corrected chi connectivity index (χ0v) is 12.0. The summed E-state index contributed by atoms with van der Waals surface area (Å²) in [7, 11) is 0. The van der Waals surface area contributed by atoms with Gasteiger partial charge in [0.1, 0.15) is 5.15 Å². The van der Waals surface area contributed by atoms with Crippen LogP contribution in [-0.4, -0.2) is 16.0 Å². The van der Waals surface area contributed by atoms with Gasteiger partial charge in [-0.2, -0.15) is 4.98 Å². The van der Waals surface area contributed by atoms with Gasteiger partial charge < -0.3 is 4.74 Å². The first kappa shape index (κ1) is 15.7. The quantitative estimate of drug-likeness (QED) is 0.308. The zero-order chi connectivity index (χ0) is 14.3. The molecule has 0 saturated carbocycles. The van der Waals surface area contributed by atoms with E-state index in [4.69, 9.17) is 16.3 Å². The standard InChI is InChI=1S/C13H19ClN2O3/c1-3-4-5-6-7-10(2)19-13-11(16(17)18)8-9-12(14)15-13/h8-10H,3-7H2,1-2H3. The zero-order valence-electron chi connectivity index (χ0n) is 11.3. The molecule has 6 heteroatoms. The summed E-state index contributed by atoms with van der Waals surface area (Å²) in [5.41, 5.74) is -0.148. The molecule has 0 aromatic carbocycles. The molecular formula is C13H19ClN2O3. The number of unbranched alkanes of at least 4 members (excludes halogenated alkanes) is 3. The van der Waals surface area contributed by atoms with Crippen LogP contribution >= 0.6 is 11.6 Å². The second-order valence-corrected chi connectivity index (χ2v) is 4.88. The topological polar surface area (TPSA) is 65.3 Å². The summed E-state index contributed by atoms with van der Waals surface area (Å²) >= 11 is 5.74. The molecule has 0 bridgehead atoms. The van der Waals surface area contributed by atoms with Crippen molar-refractivity contribution in [1.82, 2.24) is 4.98 Å². The van der Waals surface area contributed by atoms with Crippen molar-refractivity contribution in [2.24, 2.45) is 0 Å². The fourth-order valence-corrected chi connectivity index (χ4v) is 1.88. The predicted octanol–water partition coefficient (Wildman–Crippen LogP) is 4.38. The van der Waals surface area contributed by atoms with Crippen LogP contribution in [0.5, 0.6) is 5.88 Å². The van der Waals surface area contributed by atoms with Crippen LogP contribution in [0, 0.1) is 10.1 Å². The van der Waals surface area contributed by atoms with E-state index in [2.05, 4.69) is 11.9 Å². The van der Waals surface area contributed by atoms with E-state index in [1.165, 1.54) is 25.0 Å². The molecular weight excluding hydrogens is 268 g/mol. The average Bonchev–Trinajstić information content (AvgIpc) is 2.34. The summed E-state index contributed by atoms with van der Waals surface area (Å²) in [6, 6.07) is 2.70. The van der Waals surface area contributed by atoms with Gasteiger partial charge in [0.2, 0.25) is 0 Å². The van der Waals surface area contributed by atoms with Crippen LogP contribution in [0.1, 0.15) is 46.0 Å². The molecule has 19 heavy (non-hydrogen) atoms. The number of hydrogen-bond donors (Lipinski definition) is 0. The Hall–Kier alpha value is -1.36. The molecule has 1 aromatic heterocycles. The maximum absolute atomic E-state index is 10.9. The van der Waals surface area contributed by atoms with Crippen molar-refractivity contribution in [3.63, 3.8) is 0 Å². The maximum atomic E-state index is 10.9. The number of ether oxygens (including phenoxy) is 1. The summed E-state index contributed by atoms with van der Waals surface area (Å²) in [5, 5.41) is 11.0. The van der Waals surface area contributed by atoms with E-state index in [0.717, 1.165) is 19.3 Å². The number of nitro groups is 1. The summed E-state index contributed by atoms with van der Waals surface area (Å²) in [4.78, 5) is 14.2. The SMILES string of the molecule is CCCCCCC(C)Oc1nc(Cl)ccc1[N+](=O)[O-]. The number of rotatable bonds is 8. The number of hydrogen-bond acceptors (Lipinski definition) is 4. The molecule has 1 rings (SSSR count). The van der Waals surface area contributed by atoms with E-state index in [1.807, 2.05) is 6.92 Å². The van der Waals surface area contributed by atoms with Crippen molar-refractivity contribution < 1.29 is 9.66 Å². The Bertz CT molecular complexity index is 426. The van der Waals surface area contributed by atoms with E-state index in [-0.39, 0.29) is 22.8 Å². The predicted molar refractivity (Wildman–Crippen MR) is 74.8 cm³/mol. The van der Waals surface area contributed by atoms with Gasteiger partial charge in [-0.05, 0) is 25.8 Å². The molecule has 0 N–H and O–H groups in total. The third kappa shape index (κ3) is 5.42. The van der Waals surface area contributed by atoms with Crippen LogP contribution in [0.4, 0.5) is 5.69 Å². The maximum Gasteiger partial charge on any atom is 0.331 e. The molecule has 0 saturated heterocycles. The summed E-state index contributed by atoms with van der Waals surface area (Å²) in [5.74, 6) is 0.000455. The molecule has 0 amide bonds. The molecule has 5 nitrogen and oxygen atoms in total. The van der Waals surface area contributed by atoms with Crippen molar-refractivity contribution in [2.75, 3.05) is 0 Å². The summed E-state index contributed by atoms with van der Waals surface area (Å²) < 4.78 is 5.53. The molecule has 0 radical (unpaired) electrons. The fraction of sp³-hybridized carbons (Fsp3) is 0.615. The Morgan fingerprint density at radius 1 is 1.42 bits per heavy atom. The lowest BCUT2D eigenvalue weighted by molar-refractivity contribution is -0.386. The highest BCUT2D eigenvalue weighted by Gasteiger charge is 2.19. The van der Waals surface area contributed by atoms with Crippen LogP contribution in [-0.2, 0) is 0 Å². The second kappa shape index (κ2) is 7.94. The lowest BCUT2D eigenvalue weighted by Crippen LogP contribution is -2.13. The minimum atomic E-state index is -0.511. The second-order valence-electron chi connectivity index (χ2n) is 4.49. The van der Waals surface area contributed by atoms with E-state index in [9.17, 15) is 10.1 Å². The van der Waals surface area contributed by atoms with Crippen LogP contribution < -0.4 is 4.74 Å². The van der Waals surface area contributed by atoms with Crippen LogP contribution in [0.25, 0.3) is 0 Å². The molecule has 1 unspecified atom stereocenters. The van der Waals surface area contributed by atoms with Crippen molar-refractivity contribution in [3.05, 3.63) is 27.4 Å².